The Kier molecular flexibility index (Phi) is 5.83. The second kappa shape index (κ2) is 8.70. The van der Waals surface area contributed by atoms with Gasteiger partial charge < -0.3 is 10.2 Å². The van der Waals surface area contributed by atoms with Crippen molar-refractivity contribution in [3.05, 3.63) is 81.8 Å². The monoisotopic (exact) mass is 430 g/mol. The summed E-state index contributed by atoms with van der Waals surface area (Å²) in [5.74, 6) is -0.627. The number of fused-ring (bicyclic) bond motifs is 1. The minimum absolute atomic E-state index is 0.0557. The number of amides is 2. The largest absolute Gasteiger partial charge is 0.329 e. The van der Waals surface area contributed by atoms with Gasteiger partial charge in [-0.2, -0.15) is 5.26 Å². The predicted molar refractivity (Wildman–Crippen MR) is 120 cm³/mol. The highest BCUT2D eigenvalue weighted by Gasteiger charge is 2.44. The lowest BCUT2D eigenvalue weighted by Crippen LogP contribution is -2.47. The molecule has 156 valence electrons. The molecule has 0 aliphatic carbocycles. The third-order valence-electron chi connectivity index (χ3n) is 5.25. The third kappa shape index (κ3) is 4.07. The number of thiophene rings is 1. The molecule has 1 aliphatic rings. The number of pyridine rings is 1. The van der Waals surface area contributed by atoms with E-state index >= 15 is 0 Å². The van der Waals surface area contributed by atoms with Crippen molar-refractivity contribution in [3.8, 4) is 6.07 Å². The molecule has 6 nitrogen and oxygen atoms in total. The zero-order valence-electron chi connectivity index (χ0n) is 17.3. The molecule has 3 aromatic rings. The molecule has 0 spiro atoms. The highest BCUT2D eigenvalue weighted by Crippen LogP contribution is 2.44. The molecule has 31 heavy (non-hydrogen) atoms. The Hall–Kier alpha value is -3.50. The fourth-order valence-corrected chi connectivity index (χ4v) is 4.91. The number of anilines is 1. The Labute approximate surface area is 185 Å². The molecular formula is C24H22N4O2S. The first-order chi connectivity index (χ1) is 15.0. The van der Waals surface area contributed by atoms with Gasteiger partial charge in [-0.1, -0.05) is 38.1 Å². The number of rotatable bonds is 5. The van der Waals surface area contributed by atoms with E-state index in [1.807, 2.05) is 46.7 Å². The number of nitrogens with one attached hydrogen (secondary N) is 1. The van der Waals surface area contributed by atoms with E-state index in [9.17, 15) is 9.59 Å². The lowest BCUT2D eigenvalue weighted by Gasteiger charge is -2.42. The number of carbonyl (C=O) groups is 2. The number of nitriles is 1. The van der Waals surface area contributed by atoms with Gasteiger partial charge >= 0.3 is 0 Å². The van der Waals surface area contributed by atoms with Crippen LogP contribution in [0.3, 0.4) is 0 Å². The Morgan fingerprint density at radius 3 is 2.77 bits per heavy atom. The maximum absolute atomic E-state index is 13.6. The second-order valence-electron chi connectivity index (χ2n) is 7.94. The predicted octanol–water partition coefficient (Wildman–Crippen LogP) is 4.59. The zero-order valence-corrected chi connectivity index (χ0v) is 18.1. The molecule has 3 heterocycles. The first kappa shape index (κ1) is 20.8. The van der Waals surface area contributed by atoms with Crippen LogP contribution < -0.4 is 5.32 Å². The van der Waals surface area contributed by atoms with Gasteiger partial charge in [-0.3, -0.25) is 14.6 Å². The van der Waals surface area contributed by atoms with E-state index in [-0.39, 0.29) is 17.7 Å². The van der Waals surface area contributed by atoms with Crippen molar-refractivity contribution in [1.29, 1.82) is 5.26 Å². The van der Waals surface area contributed by atoms with Crippen LogP contribution in [0.4, 0.5) is 5.69 Å². The lowest BCUT2D eigenvalue weighted by atomic mass is 9.81. The van der Waals surface area contributed by atoms with Gasteiger partial charge in [0, 0.05) is 23.2 Å². The van der Waals surface area contributed by atoms with Crippen LogP contribution in [-0.2, 0) is 4.79 Å². The minimum Gasteiger partial charge on any atom is -0.329 e. The fourth-order valence-electron chi connectivity index (χ4n) is 4.04. The van der Waals surface area contributed by atoms with Gasteiger partial charge in [0.1, 0.15) is 6.07 Å². The summed E-state index contributed by atoms with van der Waals surface area (Å²) < 4.78 is 0. The normalized spacial score (nSPS) is 17.9. The number of nitrogens with zero attached hydrogens (tertiary/aromatic N) is 3. The van der Waals surface area contributed by atoms with Gasteiger partial charge in [-0.05, 0) is 35.1 Å². The van der Waals surface area contributed by atoms with Crippen LogP contribution >= 0.6 is 11.3 Å². The van der Waals surface area contributed by atoms with Crippen molar-refractivity contribution < 1.29 is 9.59 Å². The molecule has 0 bridgehead atoms. The van der Waals surface area contributed by atoms with Gasteiger partial charge in [-0.25, -0.2) is 0 Å². The summed E-state index contributed by atoms with van der Waals surface area (Å²) in [5, 5.41) is 14.0. The molecule has 0 unspecified atom stereocenters. The Balaban J connectivity index is 1.81. The van der Waals surface area contributed by atoms with Gasteiger partial charge in [0.15, 0.2) is 0 Å². The molecule has 7 heteroatoms. The van der Waals surface area contributed by atoms with E-state index in [0.717, 1.165) is 4.88 Å². The van der Waals surface area contributed by atoms with Crippen LogP contribution in [-0.4, -0.2) is 28.2 Å². The van der Waals surface area contributed by atoms with Crippen molar-refractivity contribution >= 4 is 28.8 Å². The SMILES string of the molecule is CC(C)CN1C(=O)c2ccccc2[C@H](C(=O)Nc2cncc(C#N)c2)[C@H]1c1cccs1. The minimum atomic E-state index is -0.586. The Morgan fingerprint density at radius 1 is 1.26 bits per heavy atom. The first-order valence-corrected chi connectivity index (χ1v) is 11.0. The van der Waals surface area contributed by atoms with Gasteiger partial charge in [-0.15, -0.1) is 11.3 Å². The van der Waals surface area contributed by atoms with E-state index in [4.69, 9.17) is 5.26 Å². The van der Waals surface area contributed by atoms with Crippen LogP contribution in [0.15, 0.2) is 60.2 Å². The quantitative estimate of drug-likeness (QED) is 0.641. The van der Waals surface area contributed by atoms with Crippen molar-refractivity contribution in [2.45, 2.75) is 25.8 Å². The summed E-state index contributed by atoms with van der Waals surface area (Å²) in [6, 6.07) is 14.5. The highest BCUT2D eigenvalue weighted by atomic mass is 32.1. The molecule has 1 aromatic carbocycles. The summed E-state index contributed by atoms with van der Waals surface area (Å²) in [7, 11) is 0. The van der Waals surface area contributed by atoms with Crippen LogP contribution in [0.5, 0.6) is 0 Å². The Bertz CT molecular complexity index is 1150. The van der Waals surface area contributed by atoms with E-state index in [1.54, 1.807) is 23.5 Å². The number of hydrogen-bond donors (Lipinski definition) is 1. The summed E-state index contributed by atoms with van der Waals surface area (Å²) in [5.41, 5.74) is 2.10. The summed E-state index contributed by atoms with van der Waals surface area (Å²) >= 11 is 1.54. The summed E-state index contributed by atoms with van der Waals surface area (Å²) in [6.45, 7) is 4.67. The van der Waals surface area contributed by atoms with Crippen LogP contribution in [0.2, 0.25) is 0 Å². The average Bonchev–Trinajstić information content (AvgIpc) is 3.29. The maximum atomic E-state index is 13.6. The van der Waals surface area contributed by atoms with Gasteiger partial charge in [0.2, 0.25) is 5.91 Å². The number of carbonyl (C=O) groups excluding carboxylic acids is 2. The number of benzene rings is 1. The first-order valence-electron chi connectivity index (χ1n) is 10.1. The van der Waals surface area contributed by atoms with Gasteiger partial charge in [0.25, 0.3) is 5.91 Å². The van der Waals surface area contributed by atoms with Gasteiger partial charge in [0.05, 0.1) is 29.4 Å². The van der Waals surface area contributed by atoms with Crippen LogP contribution in [0, 0.1) is 17.2 Å². The molecule has 0 saturated carbocycles. The van der Waals surface area contributed by atoms with E-state index in [2.05, 4.69) is 24.1 Å². The van der Waals surface area contributed by atoms with Crippen LogP contribution in [0.1, 0.15) is 52.2 Å². The Morgan fingerprint density at radius 2 is 2.06 bits per heavy atom. The molecule has 2 amide bonds. The topological polar surface area (TPSA) is 86.1 Å². The van der Waals surface area contributed by atoms with Crippen molar-refractivity contribution in [2.24, 2.45) is 5.92 Å². The molecule has 0 saturated heterocycles. The molecule has 4 rings (SSSR count). The van der Waals surface area contributed by atoms with Crippen molar-refractivity contribution in [1.82, 2.24) is 9.88 Å². The third-order valence-corrected chi connectivity index (χ3v) is 6.20. The average molecular weight is 431 g/mol. The molecule has 2 aromatic heterocycles. The standard InChI is InChI=1S/C24H22N4O2S/c1-15(2)14-28-22(20-8-5-9-31-20)21(18-6-3-4-7-19(18)24(28)30)23(29)27-17-10-16(11-25)12-26-13-17/h3-10,12-13,15,21-22H,14H2,1-2H3,(H,27,29)/t21-,22+/m0/s1. The lowest BCUT2D eigenvalue weighted by molar-refractivity contribution is -0.119. The summed E-state index contributed by atoms with van der Waals surface area (Å²) in [4.78, 5) is 33.9. The second-order valence-corrected chi connectivity index (χ2v) is 8.92. The molecule has 0 radical (unpaired) electrons. The van der Waals surface area contributed by atoms with Crippen molar-refractivity contribution in [2.75, 3.05) is 11.9 Å². The fraction of sp³-hybridized carbons (Fsp3) is 0.250. The van der Waals surface area contributed by atoms with Crippen LogP contribution in [0.25, 0.3) is 0 Å². The highest BCUT2D eigenvalue weighted by molar-refractivity contribution is 7.10. The molecule has 2 atom stereocenters. The van der Waals surface area contributed by atoms with E-state index in [0.29, 0.717) is 28.9 Å². The van der Waals surface area contributed by atoms with Crippen molar-refractivity contribution in [3.63, 3.8) is 0 Å². The summed E-state index contributed by atoms with van der Waals surface area (Å²) in [6.07, 6.45) is 2.97. The smallest absolute Gasteiger partial charge is 0.254 e. The molecular weight excluding hydrogens is 408 g/mol. The van der Waals surface area contributed by atoms with E-state index in [1.165, 1.54) is 12.4 Å². The molecule has 0 fully saturated rings. The number of aromatic nitrogens is 1. The van der Waals surface area contributed by atoms with E-state index < -0.39 is 12.0 Å². The zero-order chi connectivity index (χ0) is 22.0. The maximum Gasteiger partial charge on any atom is 0.254 e. The molecule has 1 aliphatic heterocycles. The molecule has 1 N–H and O–H groups in total. The number of hydrogen-bond acceptors (Lipinski definition) is 5.